The van der Waals surface area contributed by atoms with Gasteiger partial charge in [0.15, 0.2) is 11.5 Å². The Labute approximate surface area is 134 Å². The van der Waals surface area contributed by atoms with Crippen LogP contribution in [0.25, 0.3) is 0 Å². The number of piperidine rings is 1. The summed E-state index contributed by atoms with van der Waals surface area (Å²) >= 11 is 0. The number of rotatable bonds is 7. The normalized spacial score (nSPS) is 22.5. The molecule has 124 valence electrons. The van der Waals surface area contributed by atoms with Crippen molar-refractivity contribution in [1.82, 2.24) is 4.90 Å². The molecule has 1 N–H and O–H groups in total. The van der Waals surface area contributed by atoms with Crippen molar-refractivity contribution >= 4 is 0 Å². The molecule has 2 atom stereocenters. The zero-order chi connectivity index (χ0) is 15.9. The number of likely N-dealkylation sites (tertiary alicyclic amines) is 1. The van der Waals surface area contributed by atoms with E-state index in [1.165, 1.54) is 5.56 Å². The van der Waals surface area contributed by atoms with Gasteiger partial charge in [-0.2, -0.15) is 0 Å². The minimum atomic E-state index is 0.288. The van der Waals surface area contributed by atoms with E-state index in [0.717, 1.165) is 37.4 Å². The largest absolute Gasteiger partial charge is 0.490 e. The molecule has 1 aliphatic heterocycles. The quantitative estimate of drug-likeness (QED) is 0.840. The van der Waals surface area contributed by atoms with Gasteiger partial charge in [0.25, 0.3) is 0 Å². The molecule has 1 aliphatic rings. The Morgan fingerprint density at radius 3 is 2.55 bits per heavy atom. The zero-order valence-corrected chi connectivity index (χ0v) is 14.0. The van der Waals surface area contributed by atoms with Gasteiger partial charge in [0.1, 0.15) is 0 Å². The van der Waals surface area contributed by atoms with Gasteiger partial charge in [-0.05, 0) is 57.2 Å². The van der Waals surface area contributed by atoms with Crippen LogP contribution in [0.15, 0.2) is 18.2 Å². The van der Waals surface area contributed by atoms with E-state index in [4.69, 9.17) is 9.47 Å². The summed E-state index contributed by atoms with van der Waals surface area (Å²) in [5.41, 5.74) is 1.23. The number of ether oxygens (including phenoxy) is 2. The van der Waals surface area contributed by atoms with Crippen molar-refractivity contribution in [2.45, 2.75) is 46.2 Å². The molecule has 22 heavy (non-hydrogen) atoms. The van der Waals surface area contributed by atoms with Gasteiger partial charge in [-0.1, -0.05) is 6.07 Å². The van der Waals surface area contributed by atoms with Crippen LogP contribution in [0, 0.1) is 5.92 Å². The summed E-state index contributed by atoms with van der Waals surface area (Å²) < 4.78 is 11.3. The second-order valence-corrected chi connectivity index (χ2v) is 6.05. The Kier molecular flexibility index (Phi) is 6.52. The monoisotopic (exact) mass is 307 g/mol. The van der Waals surface area contributed by atoms with Crippen molar-refractivity contribution in [3.63, 3.8) is 0 Å². The lowest BCUT2D eigenvalue weighted by molar-refractivity contribution is 0.0771. The predicted molar refractivity (Wildman–Crippen MR) is 88.5 cm³/mol. The fourth-order valence-corrected chi connectivity index (χ4v) is 3.06. The molecule has 0 amide bonds. The maximum absolute atomic E-state index is 9.41. The average molecular weight is 307 g/mol. The number of benzene rings is 1. The standard InChI is InChI=1S/C18H29NO3/c1-4-21-17-9-8-15(10-18(17)22-5-2)11-19-12-16(13-20)7-6-14(19)3/h8-10,14,16,20H,4-7,11-13H2,1-3H3. The predicted octanol–water partition coefficient (Wildman–Crippen LogP) is 3.08. The highest BCUT2D eigenvalue weighted by Gasteiger charge is 2.25. The topological polar surface area (TPSA) is 41.9 Å². The molecule has 0 aliphatic carbocycles. The van der Waals surface area contributed by atoms with Crippen molar-refractivity contribution in [2.24, 2.45) is 5.92 Å². The van der Waals surface area contributed by atoms with Gasteiger partial charge in [-0.3, -0.25) is 4.90 Å². The average Bonchev–Trinajstić information content (AvgIpc) is 2.52. The Morgan fingerprint density at radius 2 is 1.86 bits per heavy atom. The molecule has 0 aromatic heterocycles. The molecule has 4 heteroatoms. The third-order valence-electron chi connectivity index (χ3n) is 4.36. The van der Waals surface area contributed by atoms with Gasteiger partial charge in [0, 0.05) is 25.7 Å². The number of hydrogen-bond acceptors (Lipinski definition) is 4. The smallest absolute Gasteiger partial charge is 0.161 e. The van der Waals surface area contributed by atoms with Crippen LogP contribution in [0.5, 0.6) is 11.5 Å². The molecule has 0 bridgehead atoms. The first kappa shape index (κ1) is 17.1. The second kappa shape index (κ2) is 8.39. The third kappa shape index (κ3) is 4.37. The minimum absolute atomic E-state index is 0.288. The lowest BCUT2D eigenvalue weighted by Crippen LogP contribution is -2.42. The van der Waals surface area contributed by atoms with Crippen LogP contribution in [-0.4, -0.2) is 42.4 Å². The summed E-state index contributed by atoms with van der Waals surface area (Å²) in [6.45, 7) is 9.66. The molecule has 2 rings (SSSR count). The lowest BCUT2D eigenvalue weighted by atomic mass is 9.93. The first-order chi connectivity index (χ1) is 10.7. The van der Waals surface area contributed by atoms with Crippen LogP contribution in [-0.2, 0) is 6.54 Å². The van der Waals surface area contributed by atoms with Crippen molar-refractivity contribution < 1.29 is 14.6 Å². The van der Waals surface area contributed by atoms with Crippen molar-refractivity contribution in [3.8, 4) is 11.5 Å². The number of hydrogen-bond donors (Lipinski definition) is 1. The Morgan fingerprint density at radius 1 is 1.14 bits per heavy atom. The minimum Gasteiger partial charge on any atom is -0.490 e. The number of aliphatic hydroxyl groups excluding tert-OH is 1. The molecular weight excluding hydrogens is 278 g/mol. The molecule has 0 saturated carbocycles. The molecule has 2 unspecified atom stereocenters. The summed E-state index contributed by atoms with van der Waals surface area (Å²) in [6, 6.07) is 6.76. The zero-order valence-electron chi connectivity index (χ0n) is 14.0. The Balaban J connectivity index is 2.09. The van der Waals surface area contributed by atoms with E-state index in [1.807, 2.05) is 19.9 Å². The molecule has 1 aromatic carbocycles. The molecule has 1 saturated heterocycles. The second-order valence-electron chi connectivity index (χ2n) is 6.05. The van der Waals surface area contributed by atoms with E-state index >= 15 is 0 Å². The molecule has 1 fully saturated rings. The van der Waals surface area contributed by atoms with Crippen LogP contribution in [0.2, 0.25) is 0 Å². The van der Waals surface area contributed by atoms with Gasteiger partial charge >= 0.3 is 0 Å². The summed E-state index contributed by atoms with van der Waals surface area (Å²) in [4.78, 5) is 2.45. The highest BCUT2D eigenvalue weighted by atomic mass is 16.5. The van der Waals surface area contributed by atoms with Gasteiger partial charge < -0.3 is 14.6 Å². The van der Waals surface area contributed by atoms with E-state index in [9.17, 15) is 5.11 Å². The van der Waals surface area contributed by atoms with E-state index in [-0.39, 0.29) is 6.61 Å². The van der Waals surface area contributed by atoms with Crippen LogP contribution in [0.3, 0.4) is 0 Å². The Bertz CT molecular complexity index is 464. The maximum Gasteiger partial charge on any atom is 0.161 e. The van der Waals surface area contributed by atoms with Crippen LogP contribution >= 0.6 is 0 Å². The fraction of sp³-hybridized carbons (Fsp3) is 0.667. The third-order valence-corrected chi connectivity index (χ3v) is 4.36. The van der Waals surface area contributed by atoms with Crippen LogP contribution in [0.1, 0.15) is 39.2 Å². The summed E-state index contributed by atoms with van der Waals surface area (Å²) in [5, 5.41) is 9.41. The number of aliphatic hydroxyl groups is 1. The molecule has 0 spiro atoms. The van der Waals surface area contributed by atoms with E-state index < -0.39 is 0 Å². The van der Waals surface area contributed by atoms with Crippen molar-refractivity contribution in [2.75, 3.05) is 26.4 Å². The highest BCUT2D eigenvalue weighted by molar-refractivity contribution is 5.43. The fourth-order valence-electron chi connectivity index (χ4n) is 3.06. The first-order valence-corrected chi connectivity index (χ1v) is 8.41. The molecule has 4 nitrogen and oxygen atoms in total. The molecule has 0 radical (unpaired) electrons. The van der Waals surface area contributed by atoms with Gasteiger partial charge in [0.05, 0.1) is 13.2 Å². The maximum atomic E-state index is 9.41. The van der Waals surface area contributed by atoms with Crippen molar-refractivity contribution in [3.05, 3.63) is 23.8 Å². The van der Waals surface area contributed by atoms with Gasteiger partial charge in [-0.15, -0.1) is 0 Å². The van der Waals surface area contributed by atoms with Crippen LogP contribution < -0.4 is 9.47 Å². The van der Waals surface area contributed by atoms with Crippen LogP contribution in [0.4, 0.5) is 0 Å². The summed E-state index contributed by atoms with van der Waals surface area (Å²) in [5.74, 6) is 2.04. The SMILES string of the molecule is CCOc1ccc(CN2CC(CO)CCC2C)cc1OCC. The first-order valence-electron chi connectivity index (χ1n) is 8.41. The Hall–Kier alpha value is -1.26. The summed E-state index contributed by atoms with van der Waals surface area (Å²) in [7, 11) is 0. The van der Waals surface area contributed by atoms with Gasteiger partial charge in [-0.25, -0.2) is 0 Å². The van der Waals surface area contributed by atoms with Crippen molar-refractivity contribution in [1.29, 1.82) is 0 Å². The highest BCUT2D eigenvalue weighted by Crippen LogP contribution is 2.30. The molecule has 1 aromatic rings. The number of nitrogens with zero attached hydrogens (tertiary/aromatic N) is 1. The van der Waals surface area contributed by atoms with E-state index in [2.05, 4.69) is 24.0 Å². The lowest BCUT2D eigenvalue weighted by Gasteiger charge is -2.37. The summed E-state index contributed by atoms with van der Waals surface area (Å²) in [6.07, 6.45) is 2.28. The van der Waals surface area contributed by atoms with E-state index in [1.54, 1.807) is 0 Å². The van der Waals surface area contributed by atoms with Gasteiger partial charge in [0.2, 0.25) is 0 Å². The molecular formula is C18H29NO3. The van der Waals surface area contributed by atoms with E-state index in [0.29, 0.717) is 25.2 Å². The molecule has 1 heterocycles.